The molecule has 121 heavy (non-hydrogen) atoms. The number of carbonyl (C=O) groups excluding carboxylic acids is 4. The minimum Gasteiger partial charge on any atom is -0.507 e. The Morgan fingerprint density at radius 2 is 0.942 bits per heavy atom. The van der Waals surface area contributed by atoms with Gasteiger partial charge in [-0.05, 0) is 85.3 Å². The van der Waals surface area contributed by atoms with Crippen LogP contribution in [-0.2, 0) is 23.9 Å². The van der Waals surface area contributed by atoms with Crippen molar-refractivity contribution >= 4 is 110 Å². The Kier molecular flexibility index (Phi) is 26.8. The van der Waals surface area contributed by atoms with E-state index in [1.165, 1.54) is 105 Å². The number of carbonyl (C=O) groups is 4. The molecule has 5 N–H and O–H groups in total. The molecule has 0 saturated carbocycles. The van der Waals surface area contributed by atoms with Gasteiger partial charge in [0.15, 0.2) is 28.6 Å². The van der Waals surface area contributed by atoms with Gasteiger partial charge < -0.3 is 79.2 Å². The number of aromatic nitrogens is 4. The van der Waals surface area contributed by atoms with Crippen molar-refractivity contribution in [3.63, 3.8) is 0 Å². The molecule has 4 saturated heterocycles. The van der Waals surface area contributed by atoms with Gasteiger partial charge in [0.25, 0.3) is 0 Å². The number of pyridine rings is 2. The molecule has 0 bridgehead atoms. The van der Waals surface area contributed by atoms with Crippen LogP contribution in [0, 0.1) is 35.0 Å². The topological polar surface area (TPSA) is 262 Å². The van der Waals surface area contributed by atoms with Gasteiger partial charge >= 0.3 is 0 Å². The predicted molar refractivity (Wildman–Crippen MR) is 456 cm³/mol. The molecule has 2 atom stereocenters. The molecule has 9 aromatic rings. The van der Waals surface area contributed by atoms with Crippen LogP contribution in [0.4, 0.5) is 39.3 Å². The lowest BCUT2D eigenvalue weighted by Gasteiger charge is -2.37. The number of fused-ring (bicyclic) bond motifs is 4. The van der Waals surface area contributed by atoms with Crippen molar-refractivity contribution in [1.29, 1.82) is 0 Å². The standard InChI is InChI=1S/C23H21ClF2N4O2.C22H24ClFN4O3.C21H20ClFN4O3.C21H20ClFN2O3/c1-3-18(32)29-7-9-30(10-8-29)23-14-11-15(24)19(20-16(25)5-4-6-17(20)31)21(26)22(14)28-13(2)12-27-23;1-3-5-18(30)27-10-8-26(9-11-27)17-12-25-22-21(31-2)19(14(23)13-28(17)22)20-15(24)6-4-7-16(20)29;1-3-17(29)26-9-7-25(8-10-26)16-11-24-21-20(30-2)18(13(22)12-27(16)21)19-14(23)5-4-6-15(19)28;1-2-20(27)25-8-6-24(7-9-25)17-12-28-19-11-13(15(22)10-14(17)19)21-16(23)4-3-5-18(21)26/h3-6,11,28,31H,1-2,7-10,12H2;4,6-7,12-13,29H,3,5,8-11H2,1-2H3;3-6,11-12,28H,1,7-10H2,2H3;2-5,10-12,14,19,26H,1,6-9H2. The number of nitrogens with one attached hydrogen (secondary N) is 1. The number of imidazole rings is 2. The highest BCUT2D eigenvalue weighted by molar-refractivity contribution is 6.37. The van der Waals surface area contributed by atoms with Gasteiger partial charge in [0.05, 0.1) is 98.9 Å². The normalized spacial score (nSPS) is 17.0. The third-order valence-corrected chi connectivity index (χ3v) is 22.8. The SMILES string of the molecule is C=CC(=O)N1CCN(C2=COC3C=C(c4c(O)cccc4F)C(Cl)=CC23)CC1.C=CC(=O)N1CCN(C2=NCC(=C)Nc3c2cc(Cl)c(-c2c(O)cccc2F)c3F)CC1.C=CC(=O)N1CCN(c2cnc3c(OC)c(-c4c(O)cccc4F)c(Cl)cn23)CC1.CCCC(=O)N1CCN(c2cnc3c(OC)c(-c4c(O)cccc4F)c(Cl)cn23)CC1. The first kappa shape index (κ1) is 86.5. The number of anilines is 3. The lowest BCUT2D eigenvalue weighted by Crippen LogP contribution is -2.50. The molecule has 34 heteroatoms. The molecule has 4 fully saturated rings. The fraction of sp³-hybridized carbons (Fsp3) is 0.276. The van der Waals surface area contributed by atoms with Crippen LogP contribution in [0.15, 0.2) is 188 Å². The fourth-order valence-corrected chi connectivity index (χ4v) is 16.7. The first-order valence-electron chi connectivity index (χ1n) is 38.6. The summed E-state index contributed by atoms with van der Waals surface area (Å²) in [6, 6.07) is 17.5. The number of amides is 4. The maximum Gasteiger partial charge on any atom is 0.246 e. The molecular weight excluding hydrogens is 1650 g/mol. The molecule has 25 nitrogen and oxygen atoms in total. The zero-order valence-electron chi connectivity index (χ0n) is 66.1. The van der Waals surface area contributed by atoms with Gasteiger partial charge in [-0.3, -0.25) is 33.0 Å². The first-order chi connectivity index (χ1) is 58.2. The zero-order chi connectivity index (χ0) is 86.4. The number of phenolic OH excluding ortho intramolecular Hbond substituents is 4. The summed E-state index contributed by atoms with van der Waals surface area (Å²) in [7, 11) is 2.90. The summed E-state index contributed by atoms with van der Waals surface area (Å²) < 4.78 is 94.1. The third-order valence-electron chi connectivity index (χ3n) is 21.6. The van der Waals surface area contributed by atoms with E-state index in [-0.39, 0.29) is 131 Å². The third kappa shape index (κ3) is 17.7. The predicted octanol–water partition coefficient (Wildman–Crippen LogP) is 14.5. The number of amidine groups is 1. The molecule has 4 aromatic heterocycles. The Hall–Kier alpha value is -12.4. The van der Waals surface area contributed by atoms with E-state index in [0.29, 0.717) is 150 Å². The van der Waals surface area contributed by atoms with E-state index < -0.39 is 34.8 Å². The number of aromatic hydroxyl groups is 4. The smallest absolute Gasteiger partial charge is 0.246 e. The minimum absolute atomic E-state index is 0.0283. The summed E-state index contributed by atoms with van der Waals surface area (Å²) in [5.74, 6) is -2.02. The lowest BCUT2D eigenvalue weighted by atomic mass is 9.88. The van der Waals surface area contributed by atoms with Gasteiger partial charge in [-0.1, -0.05) is 110 Å². The van der Waals surface area contributed by atoms with E-state index in [1.807, 2.05) is 22.8 Å². The van der Waals surface area contributed by atoms with Crippen molar-refractivity contribution in [1.82, 2.24) is 48.2 Å². The van der Waals surface area contributed by atoms with Crippen molar-refractivity contribution in [3.05, 3.63) is 238 Å². The molecule has 6 aliphatic heterocycles. The highest BCUT2D eigenvalue weighted by Gasteiger charge is 2.39. The maximum atomic E-state index is 15.8. The Bertz CT molecular complexity index is 5630. The van der Waals surface area contributed by atoms with Gasteiger partial charge in [0.1, 0.15) is 76.1 Å². The van der Waals surface area contributed by atoms with Crippen molar-refractivity contribution < 1.29 is 75.8 Å². The van der Waals surface area contributed by atoms with Crippen LogP contribution in [0.25, 0.3) is 50.2 Å². The number of benzodiazepines with no additional fused rings is 1. The van der Waals surface area contributed by atoms with E-state index in [0.717, 1.165) is 29.8 Å². The van der Waals surface area contributed by atoms with Crippen LogP contribution in [0.1, 0.15) is 30.9 Å². The van der Waals surface area contributed by atoms with Gasteiger partial charge in [-0.25, -0.2) is 31.9 Å². The zero-order valence-corrected chi connectivity index (χ0v) is 69.1. The van der Waals surface area contributed by atoms with Crippen LogP contribution in [0.3, 0.4) is 0 Å². The molecule has 0 spiro atoms. The van der Waals surface area contributed by atoms with E-state index in [1.54, 1.807) is 60.6 Å². The number of hydrogen-bond donors (Lipinski definition) is 5. The number of ether oxygens (including phenoxy) is 3. The number of rotatable bonds is 14. The van der Waals surface area contributed by atoms with E-state index in [2.05, 4.69) is 61.3 Å². The Labute approximate surface area is 713 Å². The number of nitrogens with zero attached hydrogens (tertiary/aromatic N) is 13. The van der Waals surface area contributed by atoms with Crippen LogP contribution >= 0.6 is 46.4 Å². The van der Waals surface area contributed by atoms with Gasteiger partial charge in [-0.2, -0.15) is 0 Å². The Morgan fingerprint density at radius 1 is 0.537 bits per heavy atom. The summed E-state index contributed by atoms with van der Waals surface area (Å²) in [4.78, 5) is 76.6. The molecular formula is C87H85Cl4F5N14O11. The Morgan fingerprint density at radius 3 is 1.36 bits per heavy atom. The highest BCUT2D eigenvalue weighted by atomic mass is 35.5. The van der Waals surface area contributed by atoms with Gasteiger partial charge in [0, 0.05) is 151 Å². The average Bonchev–Trinajstić information content (AvgIpc) is 1.59. The number of piperazine rings is 4. The number of phenols is 4. The second-order valence-electron chi connectivity index (χ2n) is 28.7. The molecule has 5 aromatic carbocycles. The number of allylic oxidation sites excluding steroid dienone is 2. The summed E-state index contributed by atoms with van der Waals surface area (Å²) in [5, 5.41) is 44.4. The van der Waals surface area contributed by atoms with E-state index in [9.17, 15) is 57.2 Å². The molecule has 1 aliphatic carbocycles. The highest BCUT2D eigenvalue weighted by Crippen LogP contribution is 2.50. The summed E-state index contributed by atoms with van der Waals surface area (Å²) in [5.41, 5.74) is 3.16. The van der Waals surface area contributed by atoms with Crippen LogP contribution in [0.2, 0.25) is 15.1 Å². The Balaban J connectivity index is 0.000000139. The number of methoxy groups -OCH3 is 2. The van der Waals surface area contributed by atoms with Gasteiger partial charge in [0.2, 0.25) is 23.6 Å². The first-order valence-corrected chi connectivity index (χ1v) is 40.1. The molecule has 16 rings (SSSR count). The average molecular weight is 1740 g/mol. The second kappa shape index (κ2) is 37.5. The van der Waals surface area contributed by atoms with Gasteiger partial charge in [-0.15, -0.1) is 0 Å². The van der Waals surface area contributed by atoms with E-state index in [4.69, 9.17) is 60.6 Å². The summed E-state index contributed by atoms with van der Waals surface area (Å²) in [6.45, 7) is 26.1. The molecule has 7 aliphatic rings. The van der Waals surface area contributed by atoms with Crippen molar-refractivity contribution in [2.75, 3.05) is 141 Å². The number of benzene rings is 5. The van der Waals surface area contributed by atoms with Crippen molar-refractivity contribution in [2.45, 2.75) is 25.9 Å². The minimum atomic E-state index is -0.816. The molecule has 0 radical (unpaired) electrons. The number of halogens is 9. The summed E-state index contributed by atoms with van der Waals surface area (Å²) in [6.07, 6.45) is 17.0. The van der Waals surface area contributed by atoms with Crippen molar-refractivity contribution in [2.24, 2.45) is 10.9 Å². The van der Waals surface area contributed by atoms with Crippen LogP contribution < -0.4 is 24.6 Å². The number of hydrogen-bond acceptors (Lipinski definition) is 19. The maximum absolute atomic E-state index is 15.8. The van der Waals surface area contributed by atoms with Crippen molar-refractivity contribution in [3.8, 4) is 67.9 Å². The molecule has 2 unspecified atom stereocenters. The quantitative estimate of drug-likeness (QED) is 0.0500. The second-order valence-corrected chi connectivity index (χ2v) is 30.3. The summed E-state index contributed by atoms with van der Waals surface area (Å²) >= 11 is 26.0. The van der Waals surface area contributed by atoms with Crippen LogP contribution in [0.5, 0.6) is 34.5 Å². The molecule has 632 valence electrons. The van der Waals surface area contributed by atoms with E-state index >= 15 is 4.39 Å². The van der Waals surface area contributed by atoms with Crippen LogP contribution in [-0.4, -0.2) is 230 Å². The fourth-order valence-electron chi connectivity index (χ4n) is 15.6. The largest absolute Gasteiger partial charge is 0.507 e. The molecule has 10 heterocycles. The monoisotopic (exact) mass is 1740 g/mol. The number of aliphatic imine (C=N–C) groups is 1. The molecule has 4 amide bonds. The lowest BCUT2D eigenvalue weighted by molar-refractivity contribution is -0.131.